The van der Waals surface area contributed by atoms with Gasteiger partial charge in [-0.1, -0.05) is 0 Å². The van der Waals surface area contributed by atoms with Gasteiger partial charge in [0.2, 0.25) is 0 Å². The van der Waals surface area contributed by atoms with Crippen molar-refractivity contribution in [2.24, 2.45) is 0 Å². The van der Waals surface area contributed by atoms with Crippen molar-refractivity contribution in [1.82, 2.24) is 34.5 Å². The molecule has 54 heavy (non-hydrogen) atoms. The Hall–Kier alpha value is -6.84. The average molecular weight is 738 g/mol. The lowest BCUT2D eigenvalue weighted by molar-refractivity contribution is 0.101. The lowest BCUT2D eigenvalue weighted by atomic mass is 10.0. The predicted octanol–water partition coefficient (Wildman–Crippen LogP) is 6.66. The van der Waals surface area contributed by atoms with Gasteiger partial charge in [0.1, 0.15) is 22.8 Å². The Morgan fingerprint density at radius 1 is 0.685 bits per heavy atom. The Morgan fingerprint density at radius 3 is 1.70 bits per heavy atom. The minimum absolute atomic E-state index is 0.0500. The van der Waals surface area contributed by atoms with Gasteiger partial charge in [-0.05, 0) is 70.5 Å². The molecule has 276 valence electrons. The molecule has 0 fully saturated rings. The summed E-state index contributed by atoms with van der Waals surface area (Å²) in [4.78, 5) is 62.5. The zero-order valence-corrected chi connectivity index (χ0v) is 29.8. The highest BCUT2D eigenvalue weighted by Gasteiger charge is 2.24. The molecule has 0 saturated heterocycles. The molecule has 5 heterocycles. The maximum atomic E-state index is 13.6. The van der Waals surface area contributed by atoms with E-state index in [4.69, 9.17) is 0 Å². The van der Waals surface area contributed by atoms with Crippen molar-refractivity contribution < 1.29 is 22.8 Å². The number of nitrogens with one attached hydrogen (secondary N) is 2. The predicted molar refractivity (Wildman–Crippen MR) is 197 cm³/mol. The number of pyridine rings is 3. The minimum atomic E-state index is -1.63. The van der Waals surface area contributed by atoms with Gasteiger partial charge in [-0.25, -0.2) is 22.5 Å². The Morgan fingerprint density at radius 2 is 1.20 bits per heavy atom. The first-order chi connectivity index (χ1) is 25.9. The quantitative estimate of drug-likeness (QED) is 0.114. The molecule has 0 bridgehead atoms. The molecule has 0 atom stereocenters. The standard InChI is InChI=1S/C19H15F3N4O2.C19H19N5O2/c1-3-26-19(28)18(24-12-8-13(20)16(22)14(21)9-12)15(10(2)27)17(25-26)11-4-6-23-7-5-11;1-4-24-19(26)18(22-15-11-21-9-7-12(15)2)16(13(3)25)17(23-24)14-6-5-8-20-10-14/h4-9,24H,3H2,1-2H3;5-11,22H,4H2,1-3H3. The van der Waals surface area contributed by atoms with Gasteiger partial charge in [0.25, 0.3) is 11.1 Å². The van der Waals surface area contributed by atoms with Crippen LogP contribution in [0.5, 0.6) is 0 Å². The van der Waals surface area contributed by atoms with Crippen LogP contribution in [-0.2, 0) is 13.1 Å². The number of ketones is 2. The van der Waals surface area contributed by atoms with Crippen molar-refractivity contribution in [2.45, 2.75) is 47.7 Å². The fourth-order valence-corrected chi connectivity index (χ4v) is 5.41. The van der Waals surface area contributed by atoms with Gasteiger partial charge in [0.05, 0.1) is 23.0 Å². The van der Waals surface area contributed by atoms with Crippen molar-refractivity contribution in [1.29, 1.82) is 0 Å². The van der Waals surface area contributed by atoms with E-state index in [9.17, 15) is 32.3 Å². The summed E-state index contributed by atoms with van der Waals surface area (Å²) in [7, 11) is 0. The van der Waals surface area contributed by atoms with E-state index >= 15 is 0 Å². The van der Waals surface area contributed by atoms with Crippen molar-refractivity contribution in [3.05, 3.63) is 134 Å². The second kappa shape index (κ2) is 16.7. The summed E-state index contributed by atoms with van der Waals surface area (Å²) in [5.41, 5.74) is 2.38. The van der Waals surface area contributed by atoms with Gasteiger partial charge in [-0.15, -0.1) is 0 Å². The third-order valence-electron chi connectivity index (χ3n) is 8.06. The number of hydrogen-bond donors (Lipinski definition) is 2. The minimum Gasteiger partial charge on any atom is -0.350 e. The van der Waals surface area contributed by atoms with Crippen LogP contribution in [0.3, 0.4) is 0 Å². The second-order valence-electron chi connectivity index (χ2n) is 11.7. The SMILES string of the molecule is CCn1nc(-c2cccnc2)c(C(C)=O)c(Nc2cnccc2C)c1=O.CCn1nc(-c2ccncc2)c(C(C)=O)c(Nc2cc(F)c(F)c(F)c2)c1=O. The monoisotopic (exact) mass is 737 g/mol. The maximum Gasteiger partial charge on any atom is 0.291 e. The molecule has 0 spiro atoms. The molecule has 0 radical (unpaired) electrons. The fourth-order valence-electron chi connectivity index (χ4n) is 5.41. The number of anilines is 4. The number of carbonyl (C=O) groups excluding carboxylic acids is 2. The van der Waals surface area contributed by atoms with E-state index in [-0.39, 0.29) is 51.8 Å². The van der Waals surface area contributed by atoms with Crippen LogP contribution < -0.4 is 21.8 Å². The molecule has 6 rings (SSSR count). The van der Waals surface area contributed by atoms with Crippen LogP contribution in [0.2, 0.25) is 0 Å². The molecule has 0 aliphatic rings. The Bertz CT molecular complexity index is 2450. The van der Waals surface area contributed by atoms with Crippen LogP contribution in [0.15, 0.2) is 89.2 Å². The van der Waals surface area contributed by atoms with Crippen molar-refractivity contribution in [2.75, 3.05) is 10.6 Å². The lowest BCUT2D eigenvalue weighted by Gasteiger charge is -2.16. The van der Waals surface area contributed by atoms with E-state index in [0.29, 0.717) is 41.2 Å². The Labute approximate surface area is 306 Å². The van der Waals surface area contributed by atoms with Crippen LogP contribution in [0.25, 0.3) is 22.5 Å². The van der Waals surface area contributed by atoms with Crippen LogP contribution in [0.4, 0.5) is 35.9 Å². The van der Waals surface area contributed by atoms with Crippen LogP contribution >= 0.6 is 0 Å². The number of halogens is 3. The van der Waals surface area contributed by atoms with Crippen LogP contribution in [0, 0.1) is 24.4 Å². The summed E-state index contributed by atoms with van der Waals surface area (Å²) >= 11 is 0. The summed E-state index contributed by atoms with van der Waals surface area (Å²) in [5, 5.41) is 14.3. The molecule has 6 aromatic rings. The first-order valence-corrected chi connectivity index (χ1v) is 16.6. The highest BCUT2D eigenvalue weighted by atomic mass is 19.2. The van der Waals surface area contributed by atoms with Crippen molar-refractivity contribution >= 4 is 34.3 Å². The summed E-state index contributed by atoms with van der Waals surface area (Å²) in [6.45, 7) is 8.65. The molecule has 0 aliphatic heterocycles. The topological polar surface area (TPSA) is 167 Å². The second-order valence-corrected chi connectivity index (χ2v) is 11.7. The third kappa shape index (κ3) is 8.12. The molecular formula is C38H34F3N9O4. The summed E-state index contributed by atoms with van der Waals surface area (Å²) in [6, 6.07) is 10.0. The number of rotatable bonds is 10. The molecule has 2 N–H and O–H groups in total. The number of nitrogens with zero attached hydrogens (tertiary/aromatic N) is 7. The molecule has 0 unspecified atom stereocenters. The van der Waals surface area contributed by atoms with Crippen molar-refractivity contribution in [3.63, 3.8) is 0 Å². The van der Waals surface area contributed by atoms with Gasteiger partial charge in [0, 0.05) is 73.0 Å². The molecule has 1 aromatic carbocycles. The van der Waals surface area contributed by atoms with E-state index in [2.05, 4.69) is 35.8 Å². The molecule has 5 aromatic heterocycles. The summed E-state index contributed by atoms with van der Waals surface area (Å²) in [6.07, 6.45) is 9.56. The van der Waals surface area contributed by atoms with E-state index in [1.54, 1.807) is 49.9 Å². The normalized spacial score (nSPS) is 10.7. The molecule has 13 nitrogen and oxygen atoms in total. The smallest absolute Gasteiger partial charge is 0.291 e. The lowest BCUT2D eigenvalue weighted by Crippen LogP contribution is -2.28. The molecule has 16 heteroatoms. The van der Waals surface area contributed by atoms with E-state index in [1.807, 2.05) is 26.0 Å². The number of Topliss-reactive ketones (excluding diaryl/α,β-unsaturated/α-hetero) is 2. The average Bonchev–Trinajstić information content (AvgIpc) is 3.16. The first-order valence-electron chi connectivity index (χ1n) is 16.6. The van der Waals surface area contributed by atoms with Gasteiger partial charge in [0.15, 0.2) is 29.0 Å². The number of carbonyl (C=O) groups is 2. The number of aryl methyl sites for hydroxylation is 3. The molecule has 0 saturated carbocycles. The first kappa shape index (κ1) is 38.4. The van der Waals surface area contributed by atoms with Gasteiger partial charge >= 0.3 is 0 Å². The molecule has 0 amide bonds. The summed E-state index contributed by atoms with van der Waals surface area (Å²) in [5.74, 6) is -5.21. The van der Waals surface area contributed by atoms with E-state index in [1.165, 1.54) is 30.9 Å². The highest BCUT2D eigenvalue weighted by Crippen LogP contribution is 2.30. The Kier molecular flexibility index (Phi) is 11.8. The molecule has 0 aliphatic carbocycles. The zero-order chi connectivity index (χ0) is 39.1. The van der Waals surface area contributed by atoms with Gasteiger partial charge in [-0.3, -0.25) is 34.1 Å². The zero-order valence-electron chi connectivity index (χ0n) is 29.8. The number of hydrogen-bond acceptors (Lipinski definition) is 11. The fraction of sp³-hybridized carbons (Fsp3) is 0.184. The summed E-state index contributed by atoms with van der Waals surface area (Å²) < 4.78 is 42.8. The van der Waals surface area contributed by atoms with Gasteiger partial charge in [-0.2, -0.15) is 10.2 Å². The Balaban J connectivity index is 0.000000208. The van der Waals surface area contributed by atoms with E-state index < -0.39 is 28.8 Å². The number of aromatic nitrogens is 7. The van der Waals surface area contributed by atoms with Crippen LogP contribution in [0.1, 0.15) is 54.0 Å². The molecular weight excluding hydrogens is 703 g/mol. The van der Waals surface area contributed by atoms with Crippen LogP contribution in [-0.4, -0.2) is 46.1 Å². The maximum absolute atomic E-state index is 13.6. The largest absolute Gasteiger partial charge is 0.350 e. The van der Waals surface area contributed by atoms with E-state index in [0.717, 1.165) is 10.2 Å². The number of benzene rings is 1. The highest BCUT2D eigenvalue weighted by molar-refractivity contribution is 6.06. The third-order valence-corrected chi connectivity index (χ3v) is 8.06. The van der Waals surface area contributed by atoms with Gasteiger partial charge < -0.3 is 10.6 Å². The van der Waals surface area contributed by atoms with Crippen molar-refractivity contribution in [3.8, 4) is 22.5 Å².